The predicted molar refractivity (Wildman–Crippen MR) is 209 cm³/mol. The molecule has 318 valence electrons. The van der Waals surface area contributed by atoms with E-state index in [1.54, 1.807) is 0 Å². The maximum absolute atomic E-state index is 14.9. The fourth-order valence-corrected chi connectivity index (χ4v) is 11.8. The standard InChI is InChI=1S/C38H54N8O10S2/c1-37(2,52)31-23-40-43-46(31)27-22-30(35(50)42-38(32(47)33(39)48)15-19-57(53,54)20-16-38)45(24-27)36(51)29(21-25-9-5-3-6-10-25)41-34(49)26-11-13-28(14-12-26)58(55,56)44-17-7-4-8-18-44/h11-14,23,25,27,29-30,52H,3-10,15-22,24H2,1-2H3,(H2,39,48)(H,41,49)(H,42,50)/t27-,29?,30-/m0/s1. The van der Waals surface area contributed by atoms with Gasteiger partial charge in [0.05, 0.1) is 34.3 Å². The maximum atomic E-state index is 14.9. The van der Waals surface area contributed by atoms with Crippen LogP contribution in [0.5, 0.6) is 0 Å². The third kappa shape index (κ3) is 9.44. The molecule has 1 saturated carbocycles. The van der Waals surface area contributed by atoms with Crippen LogP contribution in [0.4, 0.5) is 0 Å². The largest absolute Gasteiger partial charge is 0.384 e. The molecule has 0 spiro atoms. The summed E-state index contributed by atoms with van der Waals surface area (Å²) in [5, 5.41) is 24.6. The number of aliphatic hydroxyl groups is 1. The fourth-order valence-electron chi connectivity index (χ4n) is 8.74. The van der Waals surface area contributed by atoms with Crippen LogP contribution in [0.1, 0.15) is 113 Å². The number of nitrogens with one attached hydrogen (secondary N) is 2. The van der Waals surface area contributed by atoms with Gasteiger partial charge in [-0.2, -0.15) is 4.31 Å². The molecular formula is C38H54N8O10S2. The van der Waals surface area contributed by atoms with Gasteiger partial charge in [-0.25, -0.2) is 21.5 Å². The van der Waals surface area contributed by atoms with Crippen molar-refractivity contribution in [3.05, 3.63) is 41.7 Å². The Morgan fingerprint density at radius 1 is 0.983 bits per heavy atom. The highest BCUT2D eigenvalue weighted by Crippen LogP contribution is 2.35. The van der Waals surface area contributed by atoms with E-state index in [4.69, 9.17) is 5.73 Å². The Morgan fingerprint density at radius 3 is 2.21 bits per heavy atom. The number of sulfonamides is 1. The molecule has 2 aromatic rings. The molecule has 4 amide bonds. The number of piperidine rings is 1. The highest BCUT2D eigenvalue weighted by molar-refractivity contribution is 7.91. The normalized spacial score (nSPS) is 23.5. The van der Waals surface area contributed by atoms with Crippen LogP contribution in [-0.4, -0.2) is 124 Å². The van der Waals surface area contributed by atoms with Crippen LogP contribution in [-0.2, 0) is 44.6 Å². The molecule has 1 aromatic heterocycles. The molecule has 4 heterocycles. The van der Waals surface area contributed by atoms with Crippen LogP contribution < -0.4 is 16.4 Å². The number of rotatable bonds is 13. The molecule has 1 unspecified atom stereocenters. The lowest BCUT2D eigenvalue weighted by atomic mass is 9.84. The third-order valence-electron chi connectivity index (χ3n) is 12.1. The Kier molecular flexibility index (Phi) is 12.8. The smallest absolute Gasteiger partial charge is 0.287 e. The van der Waals surface area contributed by atoms with E-state index >= 15 is 0 Å². The number of nitrogens with two attached hydrogens (primary N) is 1. The number of nitrogens with zero attached hydrogens (tertiary/aromatic N) is 5. The van der Waals surface area contributed by atoms with E-state index in [9.17, 15) is 45.9 Å². The number of aromatic nitrogens is 3. The number of primary amides is 1. The molecule has 20 heteroatoms. The molecule has 0 bridgehead atoms. The van der Waals surface area contributed by atoms with Crippen LogP contribution in [0.2, 0.25) is 0 Å². The zero-order chi connectivity index (χ0) is 42.0. The van der Waals surface area contributed by atoms with Gasteiger partial charge in [-0.3, -0.25) is 24.0 Å². The van der Waals surface area contributed by atoms with Crippen LogP contribution >= 0.6 is 0 Å². The van der Waals surface area contributed by atoms with E-state index in [1.807, 2.05) is 0 Å². The minimum Gasteiger partial charge on any atom is -0.384 e. The molecule has 3 saturated heterocycles. The van der Waals surface area contributed by atoms with Crippen LogP contribution in [0.15, 0.2) is 35.4 Å². The number of likely N-dealkylation sites (tertiary alicyclic amines) is 1. The number of benzene rings is 1. The van der Waals surface area contributed by atoms with E-state index in [2.05, 4.69) is 20.9 Å². The summed E-state index contributed by atoms with van der Waals surface area (Å²) in [4.78, 5) is 70.0. The molecule has 58 heavy (non-hydrogen) atoms. The monoisotopic (exact) mass is 846 g/mol. The van der Waals surface area contributed by atoms with Gasteiger partial charge >= 0.3 is 0 Å². The zero-order valence-electron chi connectivity index (χ0n) is 33.0. The summed E-state index contributed by atoms with van der Waals surface area (Å²) in [7, 11) is -7.31. The van der Waals surface area contributed by atoms with E-state index in [-0.39, 0.29) is 35.8 Å². The molecule has 3 atom stereocenters. The first-order valence-electron chi connectivity index (χ1n) is 20.0. The molecule has 18 nitrogen and oxygen atoms in total. The Labute approximate surface area is 338 Å². The second-order valence-corrected chi connectivity index (χ2v) is 20.9. The second kappa shape index (κ2) is 17.1. The summed E-state index contributed by atoms with van der Waals surface area (Å²) in [5.41, 5.74) is 2.49. The summed E-state index contributed by atoms with van der Waals surface area (Å²) < 4.78 is 54.1. The van der Waals surface area contributed by atoms with Gasteiger partial charge in [0.15, 0.2) is 9.84 Å². The fraction of sp³-hybridized carbons (Fsp3) is 0.658. The van der Waals surface area contributed by atoms with Crippen LogP contribution in [0.3, 0.4) is 0 Å². The average Bonchev–Trinajstić information content (AvgIpc) is 3.88. The van der Waals surface area contributed by atoms with E-state index in [1.165, 1.54) is 58.2 Å². The number of hydrogen-bond donors (Lipinski definition) is 4. The molecular weight excluding hydrogens is 793 g/mol. The second-order valence-electron chi connectivity index (χ2n) is 16.7. The van der Waals surface area contributed by atoms with Crippen molar-refractivity contribution < 1.29 is 45.9 Å². The molecule has 4 fully saturated rings. The number of sulfone groups is 1. The number of carbonyl (C=O) groups is 5. The van der Waals surface area contributed by atoms with Gasteiger partial charge in [-0.05, 0) is 76.1 Å². The van der Waals surface area contributed by atoms with Gasteiger partial charge in [-0.1, -0.05) is 43.7 Å². The van der Waals surface area contributed by atoms with Crippen LogP contribution in [0, 0.1) is 5.92 Å². The first-order valence-corrected chi connectivity index (χ1v) is 23.3. The van der Waals surface area contributed by atoms with Gasteiger partial charge in [-0.15, -0.1) is 5.10 Å². The topological polar surface area (TPSA) is 261 Å². The predicted octanol–water partition coefficient (Wildman–Crippen LogP) is 0.709. The van der Waals surface area contributed by atoms with E-state index in [0.29, 0.717) is 18.8 Å². The van der Waals surface area contributed by atoms with Crippen molar-refractivity contribution in [2.24, 2.45) is 11.7 Å². The van der Waals surface area contributed by atoms with E-state index in [0.717, 1.165) is 51.4 Å². The molecule has 1 aliphatic carbocycles. The van der Waals surface area contributed by atoms with Crippen molar-refractivity contribution in [2.75, 3.05) is 31.1 Å². The highest BCUT2D eigenvalue weighted by Gasteiger charge is 2.51. The Balaban J connectivity index is 1.31. The summed E-state index contributed by atoms with van der Waals surface area (Å²) in [6.45, 7) is 3.80. The maximum Gasteiger partial charge on any atom is 0.287 e. The lowest BCUT2D eigenvalue weighted by Crippen LogP contribution is -2.64. The lowest BCUT2D eigenvalue weighted by Gasteiger charge is -2.37. The molecule has 5 N–H and O–H groups in total. The van der Waals surface area contributed by atoms with Gasteiger partial charge in [0, 0.05) is 31.6 Å². The third-order valence-corrected chi connectivity index (χ3v) is 15.6. The Bertz CT molecular complexity index is 2090. The van der Waals surface area contributed by atoms with Gasteiger partial charge in [0.2, 0.25) is 27.6 Å². The van der Waals surface area contributed by atoms with Crippen LogP contribution in [0.25, 0.3) is 0 Å². The quantitative estimate of drug-likeness (QED) is 0.203. The number of amides is 4. The van der Waals surface area contributed by atoms with Gasteiger partial charge in [0.1, 0.15) is 23.2 Å². The molecule has 6 rings (SSSR count). The Hall–Kier alpha value is -4.27. The van der Waals surface area contributed by atoms with Crippen molar-refractivity contribution in [3.63, 3.8) is 0 Å². The summed E-state index contributed by atoms with van der Waals surface area (Å²) in [6.07, 6.45) is 7.85. The average molecular weight is 847 g/mol. The van der Waals surface area contributed by atoms with Gasteiger partial charge < -0.3 is 26.4 Å². The first kappa shape index (κ1) is 43.3. The number of Topliss-reactive ketones (excluding diaryl/α,β-unsaturated/α-hetero) is 1. The number of carbonyl (C=O) groups excluding carboxylic acids is 5. The summed E-state index contributed by atoms with van der Waals surface area (Å²) in [6, 6.07) is 2.42. The van der Waals surface area contributed by atoms with Crippen molar-refractivity contribution in [3.8, 4) is 0 Å². The zero-order valence-corrected chi connectivity index (χ0v) is 34.6. The first-order chi connectivity index (χ1) is 27.3. The van der Waals surface area contributed by atoms with E-state index < -0.39 is 103 Å². The van der Waals surface area contributed by atoms with Crippen molar-refractivity contribution in [1.82, 2.24) is 34.8 Å². The molecule has 1 aromatic carbocycles. The van der Waals surface area contributed by atoms with Crippen molar-refractivity contribution in [2.45, 2.75) is 125 Å². The minimum absolute atomic E-state index is 0.0550. The van der Waals surface area contributed by atoms with Crippen molar-refractivity contribution >= 4 is 49.3 Å². The highest BCUT2D eigenvalue weighted by atomic mass is 32.2. The van der Waals surface area contributed by atoms with Gasteiger partial charge in [0.25, 0.3) is 11.8 Å². The summed E-state index contributed by atoms with van der Waals surface area (Å²) >= 11 is 0. The Morgan fingerprint density at radius 2 is 1.60 bits per heavy atom. The van der Waals surface area contributed by atoms with Crippen molar-refractivity contribution in [1.29, 1.82) is 0 Å². The number of ketones is 1. The minimum atomic E-state index is -3.75. The molecule has 0 radical (unpaired) electrons. The SMILES string of the molecule is CC(C)(O)c1cnnn1[C@H]1C[C@@H](C(=O)NC2(C(=O)C(N)=O)CCS(=O)(=O)CC2)N(C(=O)C(CC2CCCCC2)NC(=O)c2ccc(S(=O)(=O)N3CCCCC3)cc2)C1. The number of hydrogen-bond acceptors (Lipinski definition) is 12. The lowest BCUT2D eigenvalue weighted by molar-refractivity contribution is -0.145. The molecule has 4 aliphatic rings. The summed E-state index contributed by atoms with van der Waals surface area (Å²) in [5.74, 6) is -5.43. The molecule has 3 aliphatic heterocycles.